The number of aliphatic hydroxyl groups is 5. The number of Topliss-reactive ketones (excluding diaryl/α,β-unsaturated/α-hetero) is 2. The molecule has 9 N–H and O–H groups in total. The molecule has 4 aliphatic rings. The van der Waals surface area contributed by atoms with Crippen LogP contribution in [-0.4, -0.2) is 78.1 Å². The van der Waals surface area contributed by atoms with E-state index in [0.29, 0.717) is 11.0 Å². The number of phenols is 2. The molecule has 184 valence electrons. The molecule has 0 radical (unpaired) electrons. The Morgan fingerprint density at radius 3 is 2.26 bits per heavy atom. The van der Waals surface area contributed by atoms with E-state index in [-0.39, 0.29) is 12.0 Å². The molecule has 1 saturated heterocycles. The summed E-state index contributed by atoms with van der Waals surface area (Å²) in [6, 6.07) is 0. The third-order valence-electron chi connectivity index (χ3n) is 8.11. The van der Waals surface area contributed by atoms with Gasteiger partial charge >= 0.3 is 0 Å². The highest BCUT2D eigenvalue weighted by molar-refractivity contribution is 6.37. The zero-order chi connectivity index (χ0) is 26.2. The molecule has 1 aromatic rings. The molecule has 1 amide bonds. The second kappa shape index (κ2) is 6.24. The van der Waals surface area contributed by atoms with Crippen LogP contribution in [0.1, 0.15) is 41.8 Å². The Hall–Kier alpha value is -3.39. The van der Waals surface area contributed by atoms with Crippen molar-refractivity contribution in [2.24, 2.45) is 11.7 Å². The van der Waals surface area contributed by atoms with Crippen molar-refractivity contribution in [3.63, 3.8) is 0 Å². The van der Waals surface area contributed by atoms with Crippen molar-refractivity contribution in [2.45, 2.75) is 49.3 Å². The van der Waals surface area contributed by atoms with Crippen LogP contribution < -0.4 is 11.2 Å². The van der Waals surface area contributed by atoms with Gasteiger partial charge < -0.3 is 46.2 Å². The van der Waals surface area contributed by atoms with Crippen molar-refractivity contribution in [3.05, 3.63) is 39.4 Å². The molecule has 1 aliphatic heterocycles. The molecule has 35 heavy (non-hydrogen) atoms. The average molecular weight is 487 g/mol. The normalized spacial score (nSPS) is 34.7. The Morgan fingerprint density at radius 1 is 1.11 bits per heavy atom. The van der Waals surface area contributed by atoms with Gasteiger partial charge in [-0.3, -0.25) is 14.4 Å². The Bertz CT molecular complexity index is 1380. The zero-order valence-corrected chi connectivity index (χ0v) is 18.8. The van der Waals surface area contributed by atoms with Crippen LogP contribution in [0.5, 0.6) is 11.5 Å². The van der Waals surface area contributed by atoms with Crippen LogP contribution in [0.3, 0.4) is 0 Å². The highest BCUT2D eigenvalue weighted by Gasteiger charge is 2.82. The monoisotopic (exact) mass is 487 g/mol. The highest BCUT2D eigenvalue weighted by Crippen LogP contribution is 2.71. The van der Waals surface area contributed by atoms with E-state index >= 15 is 0 Å². The van der Waals surface area contributed by atoms with Crippen molar-refractivity contribution in [2.75, 3.05) is 0 Å². The number of carbonyl (C=O) groups is 3. The molecule has 5 rings (SSSR count). The summed E-state index contributed by atoms with van der Waals surface area (Å²) in [5.74, 6) is -14.0. The largest absolute Gasteiger partial charge is 0.508 e. The molecule has 3 aliphatic carbocycles. The van der Waals surface area contributed by atoms with Crippen LogP contribution >= 0.6 is 0 Å². The number of fused-ring (bicyclic) bond motifs is 3. The smallest absolute Gasteiger partial charge is 0.256 e. The Kier molecular flexibility index (Phi) is 4.16. The third kappa shape index (κ3) is 2.21. The first-order valence-electron chi connectivity index (χ1n) is 10.8. The van der Waals surface area contributed by atoms with Gasteiger partial charge in [-0.1, -0.05) is 12.4 Å². The number of benzene rings is 1. The predicted molar refractivity (Wildman–Crippen MR) is 117 cm³/mol. The quantitative estimate of drug-likeness (QED) is 0.0699. The topological polar surface area (TPSA) is 231 Å². The van der Waals surface area contributed by atoms with E-state index in [1.54, 1.807) is 14.8 Å². The summed E-state index contributed by atoms with van der Waals surface area (Å²) < 4.78 is 5.97. The minimum Gasteiger partial charge on any atom is -0.508 e. The van der Waals surface area contributed by atoms with Crippen LogP contribution in [0.15, 0.2) is 22.7 Å². The van der Waals surface area contributed by atoms with Crippen LogP contribution in [-0.2, 0) is 26.3 Å². The lowest BCUT2D eigenvalue weighted by atomic mass is 9.55. The third-order valence-corrected chi connectivity index (χ3v) is 8.11. The second-order valence-electron chi connectivity index (χ2n) is 9.59. The minimum absolute atomic E-state index is 0.192. The lowest BCUT2D eigenvalue weighted by molar-refractivity contribution is -0.243. The van der Waals surface area contributed by atoms with Gasteiger partial charge in [-0.2, -0.15) is 0 Å². The summed E-state index contributed by atoms with van der Waals surface area (Å²) in [6.45, 7) is 3.22. The molecule has 4 atom stereocenters. The van der Waals surface area contributed by atoms with E-state index in [9.17, 15) is 50.1 Å². The number of epoxide rings is 1. The minimum atomic E-state index is -3.42. The summed E-state index contributed by atoms with van der Waals surface area (Å²) in [4.78, 5) is 38.5. The number of aromatic hydroxyl groups is 2. The first-order chi connectivity index (χ1) is 16.1. The standard InChI is InChI=1S/C22H22BNO11/c1-3-5-11(23)9-7(14(27)12(5)25)13(26)10-17(30)21(32)6(4-20(10)19(9,2)35-20)22(33,34)16(29)8(15(21)28)18(24)31/h6,25,27,29-30,32-34H,3-4,23H2,1-2H3,(H2,24,31)/t6?,19-,20?,21?/m1/s1. The van der Waals surface area contributed by atoms with Crippen LogP contribution in [0.2, 0.25) is 0 Å². The number of carbonyl (C=O) groups excluding carboxylic acids is 3. The van der Waals surface area contributed by atoms with Crippen molar-refractivity contribution in [3.8, 4) is 11.5 Å². The van der Waals surface area contributed by atoms with E-state index in [0.717, 1.165) is 0 Å². The number of hydrogen-bond acceptors (Lipinski definition) is 11. The summed E-state index contributed by atoms with van der Waals surface area (Å²) in [6.07, 6.45) is -0.381. The molecular weight excluding hydrogens is 465 g/mol. The molecule has 0 aromatic heterocycles. The number of ether oxygens (including phenoxy) is 1. The summed E-state index contributed by atoms with van der Waals surface area (Å²) in [5.41, 5.74) is -2.90. The van der Waals surface area contributed by atoms with Gasteiger partial charge in [0.05, 0.1) is 17.1 Å². The lowest BCUT2D eigenvalue weighted by Crippen LogP contribution is -2.67. The zero-order valence-electron chi connectivity index (χ0n) is 18.8. The molecular formula is C22H22BNO11. The first kappa shape index (κ1) is 23.4. The second-order valence-corrected chi connectivity index (χ2v) is 9.59. The fourth-order valence-corrected chi connectivity index (χ4v) is 6.32. The number of primary amides is 1. The molecule has 1 aromatic carbocycles. The van der Waals surface area contributed by atoms with Crippen molar-refractivity contribution in [1.29, 1.82) is 0 Å². The molecule has 1 fully saturated rings. The van der Waals surface area contributed by atoms with Gasteiger partial charge in [-0.05, 0) is 30.9 Å². The predicted octanol–water partition coefficient (Wildman–Crippen LogP) is -2.78. The summed E-state index contributed by atoms with van der Waals surface area (Å²) in [5, 5.41) is 75.5. The fraction of sp³-hybridized carbons (Fsp3) is 0.409. The summed E-state index contributed by atoms with van der Waals surface area (Å²) >= 11 is 0. The average Bonchev–Trinajstić information content (AvgIpc) is 3.37. The number of nitrogens with two attached hydrogens (primary N) is 1. The maximum absolute atomic E-state index is 13.7. The van der Waals surface area contributed by atoms with Crippen LogP contribution in [0.4, 0.5) is 0 Å². The van der Waals surface area contributed by atoms with Gasteiger partial charge in [0, 0.05) is 0 Å². The van der Waals surface area contributed by atoms with Crippen molar-refractivity contribution >= 4 is 30.8 Å². The molecule has 1 spiro atoms. The van der Waals surface area contributed by atoms with E-state index in [1.165, 1.54) is 6.92 Å². The van der Waals surface area contributed by atoms with Crippen LogP contribution in [0.25, 0.3) is 0 Å². The number of phenolic OH excluding ortho intramolecular Hbond substituents is 2. The lowest BCUT2D eigenvalue weighted by Gasteiger charge is -2.49. The number of rotatable bonds is 2. The molecule has 0 saturated carbocycles. The van der Waals surface area contributed by atoms with Crippen molar-refractivity contribution in [1.82, 2.24) is 0 Å². The molecule has 1 heterocycles. The fourth-order valence-electron chi connectivity index (χ4n) is 6.32. The SMILES string of the molecule is Bc1c(CC)c(O)c(O)c2c1[C@@]1(C)OC13CC1C(O)(O)C(O)=C(C(N)=O)C(=O)C1(O)C(O)=C3C2=O. The Labute approximate surface area is 198 Å². The van der Waals surface area contributed by atoms with E-state index in [2.05, 4.69) is 0 Å². The Balaban J connectivity index is 1.86. The van der Waals surface area contributed by atoms with Gasteiger partial charge in [-0.25, -0.2) is 0 Å². The number of hydrogen-bond donors (Lipinski definition) is 8. The molecule has 3 unspecified atom stereocenters. The van der Waals surface area contributed by atoms with Gasteiger partial charge in [0.15, 0.2) is 28.6 Å². The maximum Gasteiger partial charge on any atom is 0.256 e. The number of aliphatic hydroxyl groups excluding tert-OH is 2. The molecule has 0 bridgehead atoms. The van der Waals surface area contributed by atoms with E-state index in [1.807, 2.05) is 0 Å². The van der Waals surface area contributed by atoms with Gasteiger partial charge in [0.25, 0.3) is 5.91 Å². The summed E-state index contributed by atoms with van der Waals surface area (Å²) in [7, 11) is 1.60. The Morgan fingerprint density at radius 2 is 1.71 bits per heavy atom. The first-order valence-corrected chi connectivity index (χ1v) is 10.8. The van der Waals surface area contributed by atoms with Crippen LogP contribution in [0, 0.1) is 5.92 Å². The number of ketones is 2. The van der Waals surface area contributed by atoms with Gasteiger partial charge in [-0.15, -0.1) is 0 Å². The van der Waals surface area contributed by atoms with E-state index in [4.69, 9.17) is 10.5 Å². The van der Waals surface area contributed by atoms with E-state index < -0.39 is 92.1 Å². The van der Waals surface area contributed by atoms with Gasteiger partial charge in [0.2, 0.25) is 11.6 Å². The number of amides is 1. The molecule has 13 heteroatoms. The maximum atomic E-state index is 13.7. The molecule has 12 nitrogen and oxygen atoms in total. The van der Waals surface area contributed by atoms with Crippen molar-refractivity contribution < 1.29 is 54.9 Å². The highest BCUT2D eigenvalue weighted by atomic mass is 16.6. The van der Waals surface area contributed by atoms with Gasteiger partial charge in [0.1, 0.15) is 30.4 Å².